The van der Waals surface area contributed by atoms with Crippen molar-refractivity contribution in [1.82, 2.24) is 9.80 Å². The fourth-order valence-electron chi connectivity index (χ4n) is 3.87. The van der Waals surface area contributed by atoms with Gasteiger partial charge in [-0.2, -0.15) is 0 Å². The Bertz CT molecular complexity index is 590. The molecule has 22 heavy (non-hydrogen) atoms. The summed E-state index contributed by atoms with van der Waals surface area (Å²) in [6, 6.07) is 4.30. The van der Waals surface area contributed by atoms with E-state index >= 15 is 0 Å². The third-order valence-electron chi connectivity index (χ3n) is 5.26. The molecule has 1 N–H and O–H groups in total. The van der Waals surface area contributed by atoms with Gasteiger partial charge in [0.05, 0.1) is 11.5 Å². The number of amides is 1. The predicted octanol–water partition coefficient (Wildman–Crippen LogP) is 1.95. The zero-order valence-electron chi connectivity index (χ0n) is 13.0. The molecule has 120 valence electrons. The van der Waals surface area contributed by atoms with E-state index in [2.05, 4.69) is 24.0 Å². The molecule has 1 aromatic heterocycles. The van der Waals surface area contributed by atoms with Crippen LogP contribution in [0.2, 0.25) is 0 Å². The van der Waals surface area contributed by atoms with Crippen LogP contribution in [0.5, 0.6) is 0 Å². The Morgan fingerprint density at radius 1 is 1.41 bits per heavy atom. The minimum atomic E-state index is -0.833. The number of rotatable bonds is 3. The van der Waals surface area contributed by atoms with Gasteiger partial charge in [-0.25, -0.2) is 0 Å². The Morgan fingerprint density at radius 2 is 2.09 bits per heavy atom. The number of carboxylic acid groups (broad SMARTS) is 1. The molecule has 3 rings (SSSR count). The van der Waals surface area contributed by atoms with E-state index in [0.717, 1.165) is 32.5 Å². The molecule has 1 atom stereocenters. The van der Waals surface area contributed by atoms with E-state index in [1.807, 2.05) is 11.3 Å². The minimum absolute atomic E-state index is 0.0327. The van der Waals surface area contributed by atoms with Crippen LogP contribution in [0.4, 0.5) is 0 Å². The first-order chi connectivity index (χ1) is 10.4. The van der Waals surface area contributed by atoms with E-state index in [0.29, 0.717) is 0 Å². The Kier molecular flexibility index (Phi) is 3.99. The van der Waals surface area contributed by atoms with Crippen molar-refractivity contribution in [2.45, 2.75) is 38.3 Å². The third-order valence-corrected chi connectivity index (χ3v) is 6.25. The van der Waals surface area contributed by atoms with Crippen molar-refractivity contribution in [1.29, 1.82) is 0 Å². The average Bonchev–Trinajstić information content (AvgIpc) is 2.99. The van der Waals surface area contributed by atoms with Crippen LogP contribution in [-0.4, -0.2) is 52.5 Å². The lowest BCUT2D eigenvalue weighted by atomic mass is 9.77. The van der Waals surface area contributed by atoms with E-state index < -0.39 is 17.4 Å². The maximum absolute atomic E-state index is 12.0. The van der Waals surface area contributed by atoms with Gasteiger partial charge in [0.25, 0.3) is 0 Å². The van der Waals surface area contributed by atoms with Gasteiger partial charge < -0.3 is 10.0 Å². The van der Waals surface area contributed by atoms with Crippen molar-refractivity contribution in [3.63, 3.8) is 0 Å². The van der Waals surface area contributed by atoms with Crippen LogP contribution in [0.25, 0.3) is 0 Å². The molecule has 2 fully saturated rings. The van der Waals surface area contributed by atoms with Crippen molar-refractivity contribution in [2.75, 3.05) is 20.1 Å². The highest BCUT2D eigenvalue weighted by Crippen LogP contribution is 2.43. The molecule has 1 aromatic rings. The van der Waals surface area contributed by atoms with Gasteiger partial charge in [-0.3, -0.25) is 14.5 Å². The molecule has 3 heterocycles. The molecule has 0 radical (unpaired) electrons. The molecular formula is C16H22N2O3S. The second kappa shape index (κ2) is 5.66. The standard InChI is InChI=1S/C16H22N2O3S/c1-11-3-4-12(22-11)10-18-7-5-16(6-8-18)13(15(20)21)9-14(19)17(16)2/h3-4,13H,5-10H2,1-2H3,(H,20,21)/t13-/m0/s1. The molecule has 0 aliphatic carbocycles. The second-order valence-corrected chi connectivity index (χ2v) is 7.81. The summed E-state index contributed by atoms with van der Waals surface area (Å²) in [6.45, 7) is 4.72. The molecule has 0 bridgehead atoms. The Morgan fingerprint density at radius 3 is 2.64 bits per heavy atom. The number of carbonyl (C=O) groups excluding carboxylic acids is 1. The third kappa shape index (κ3) is 2.54. The summed E-state index contributed by atoms with van der Waals surface area (Å²) in [5.74, 6) is -1.43. The summed E-state index contributed by atoms with van der Waals surface area (Å²) in [4.78, 5) is 30.3. The van der Waals surface area contributed by atoms with Crippen molar-refractivity contribution >= 4 is 23.2 Å². The molecule has 2 saturated heterocycles. The molecule has 5 nitrogen and oxygen atoms in total. The molecule has 0 saturated carbocycles. The number of hydrogen-bond acceptors (Lipinski definition) is 4. The molecule has 2 aliphatic rings. The van der Waals surface area contributed by atoms with Gasteiger partial charge in [0.2, 0.25) is 5.91 Å². The SMILES string of the molecule is Cc1ccc(CN2CCC3(CC2)[C@H](C(=O)O)CC(=O)N3C)s1. The maximum atomic E-state index is 12.0. The predicted molar refractivity (Wildman–Crippen MR) is 84.8 cm³/mol. The Hall–Kier alpha value is -1.40. The van der Waals surface area contributed by atoms with Gasteiger partial charge in [-0.05, 0) is 31.9 Å². The summed E-state index contributed by atoms with van der Waals surface area (Å²) >= 11 is 1.81. The normalized spacial score (nSPS) is 25.1. The van der Waals surface area contributed by atoms with E-state index in [1.54, 1.807) is 11.9 Å². The lowest BCUT2D eigenvalue weighted by Gasteiger charge is -2.45. The first-order valence-electron chi connectivity index (χ1n) is 7.69. The van der Waals surface area contributed by atoms with E-state index in [9.17, 15) is 14.7 Å². The average molecular weight is 322 g/mol. The number of carbonyl (C=O) groups is 2. The highest BCUT2D eigenvalue weighted by Gasteiger charge is 2.55. The van der Waals surface area contributed by atoms with Gasteiger partial charge in [0, 0.05) is 42.9 Å². The fourth-order valence-corrected chi connectivity index (χ4v) is 4.81. The number of nitrogens with zero attached hydrogens (tertiary/aromatic N) is 2. The molecule has 6 heteroatoms. The smallest absolute Gasteiger partial charge is 0.309 e. The first-order valence-corrected chi connectivity index (χ1v) is 8.51. The van der Waals surface area contributed by atoms with Crippen molar-refractivity contribution in [3.8, 4) is 0 Å². The number of likely N-dealkylation sites (tertiary alicyclic amines) is 2. The van der Waals surface area contributed by atoms with E-state index in [1.165, 1.54) is 9.75 Å². The second-order valence-electron chi connectivity index (χ2n) is 6.44. The number of hydrogen-bond donors (Lipinski definition) is 1. The molecular weight excluding hydrogens is 300 g/mol. The lowest BCUT2D eigenvalue weighted by Crippen LogP contribution is -2.55. The Balaban J connectivity index is 1.69. The topological polar surface area (TPSA) is 60.9 Å². The summed E-state index contributed by atoms with van der Waals surface area (Å²) in [5.41, 5.74) is -0.481. The lowest BCUT2D eigenvalue weighted by molar-refractivity contribution is -0.146. The van der Waals surface area contributed by atoms with E-state index in [4.69, 9.17) is 0 Å². The fraction of sp³-hybridized carbons (Fsp3) is 0.625. The minimum Gasteiger partial charge on any atom is -0.481 e. The van der Waals surface area contributed by atoms with Crippen molar-refractivity contribution in [2.24, 2.45) is 5.92 Å². The van der Waals surface area contributed by atoms with Crippen LogP contribution in [0, 0.1) is 12.8 Å². The summed E-state index contributed by atoms with van der Waals surface area (Å²) in [5, 5.41) is 9.48. The number of aryl methyl sites for hydroxylation is 1. The Labute approximate surface area is 134 Å². The number of piperidine rings is 1. The monoisotopic (exact) mass is 322 g/mol. The zero-order chi connectivity index (χ0) is 15.9. The number of aliphatic carboxylic acids is 1. The number of carboxylic acids is 1. The van der Waals surface area contributed by atoms with Gasteiger partial charge in [0.1, 0.15) is 0 Å². The van der Waals surface area contributed by atoms with Gasteiger partial charge in [-0.1, -0.05) is 0 Å². The van der Waals surface area contributed by atoms with Gasteiger partial charge in [-0.15, -0.1) is 11.3 Å². The summed E-state index contributed by atoms with van der Waals surface area (Å²) in [7, 11) is 1.77. The molecule has 2 aliphatic heterocycles. The summed E-state index contributed by atoms with van der Waals surface area (Å²) < 4.78 is 0. The van der Waals surface area contributed by atoms with Crippen LogP contribution >= 0.6 is 11.3 Å². The first kappa shape index (κ1) is 15.5. The highest BCUT2D eigenvalue weighted by atomic mass is 32.1. The molecule has 1 spiro atoms. The van der Waals surface area contributed by atoms with Crippen molar-refractivity contribution in [3.05, 3.63) is 21.9 Å². The zero-order valence-corrected chi connectivity index (χ0v) is 13.9. The van der Waals surface area contributed by atoms with Crippen LogP contribution < -0.4 is 0 Å². The molecule has 0 unspecified atom stereocenters. The van der Waals surface area contributed by atoms with Gasteiger partial charge >= 0.3 is 5.97 Å². The highest BCUT2D eigenvalue weighted by molar-refractivity contribution is 7.11. The van der Waals surface area contributed by atoms with Crippen molar-refractivity contribution < 1.29 is 14.7 Å². The van der Waals surface area contributed by atoms with Gasteiger partial charge in [0.15, 0.2) is 0 Å². The van der Waals surface area contributed by atoms with Crippen LogP contribution in [0.3, 0.4) is 0 Å². The largest absolute Gasteiger partial charge is 0.481 e. The van der Waals surface area contributed by atoms with E-state index in [-0.39, 0.29) is 12.3 Å². The summed E-state index contributed by atoms with van der Waals surface area (Å²) in [6.07, 6.45) is 1.64. The van der Waals surface area contributed by atoms with Crippen LogP contribution in [-0.2, 0) is 16.1 Å². The molecule has 1 amide bonds. The maximum Gasteiger partial charge on any atom is 0.309 e. The van der Waals surface area contributed by atoms with Crippen LogP contribution in [0.15, 0.2) is 12.1 Å². The number of thiophene rings is 1. The van der Waals surface area contributed by atoms with Crippen LogP contribution in [0.1, 0.15) is 29.0 Å². The quantitative estimate of drug-likeness (QED) is 0.924. The molecule has 0 aromatic carbocycles.